The van der Waals surface area contributed by atoms with Gasteiger partial charge in [0.2, 0.25) is 0 Å². The summed E-state index contributed by atoms with van der Waals surface area (Å²) in [4.78, 5) is 14.4. The van der Waals surface area contributed by atoms with Crippen LogP contribution in [0, 0.1) is 0 Å². The lowest BCUT2D eigenvalue weighted by atomic mass is 10.00. The Kier molecular flexibility index (Phi) is 4.25. The number of thiophene rings is 1. The van der Waals surface area contributed by atoms with E-state index in [9.17, 15) is 9.90 Å². The van der Waals surface area contributed by atoms with Gasteiger partial charge in [0.15, 0.2) is 0 Å². The van der Waals surface area contributed by atoms with Crippen LogP contribution in [-0.2, 0) is 12.8 Å². The SMILES string of the molecule is O=C(Nc1ccccc1O)c1cc2c(s1)CCCCCC2. The highest BCUT2D eigenvalue weighted by molar-refractivity contribution is 7.14. The van der Waals surface area contributed by atoms with Crippen molar-refractivity contribution in [2.75, 3.05) is 5.32 Å². The van der Waals surface area contributed by atoms with E-state index in [1.165, 1.54) is 36.1 Å². The van der Waals surface area contributed by atoms with Crippen LogP contribution in [0.2, 0.25) is 0 Å². The predicted molar refractivity (Wildman–Crippen MR) is 86.3 cm³/mol. The summed E-state index contributed by atoms with van der Waals surface area (Å²) in [5, 5.41) is 12.5. The maximum atomic E-state index is 12.3. The van der Waals surface area contributed by atoms with Crippen molar-refractivity contribution in [1.82, 2.24) is 0 Å². The van der Waals surface area contributed by atoms with E-state index in [0.29, 0.717) is 5.69 Å². The van der Waals surface area contributed by atoms with Crippen LogP contribution >= 0.6 is 11.3 Å². The minimum atomic E-state index is -0.131. The number of hydrogen-bond donors (Lipinski definition) is 2. The molecule has 4 heteroatoms. The molecule has 0 fully saturated rings. The van der Waals surface area contributed by atoms with Crippen LogP contribution in [0.4, 0.5) is 5.69 Å². The smallest absolute Gasteiger partial charge is 0.265 e. The number of carbonyl (C=O) groups excluding carboxylic acids is 1. The Balaban J connectivity index is 1.79. The number of para-hydroxylation sites is 2. The third kappa shape index (κ3) is 3.27. The summed E-state index contributed by atoms with van der Waals surface area (Å²) in [6.45, 7) is 0. The molecular weight excluding hydrogens is 282 g/mol. The number of carbonyl (C=O) groups is 1. The highest BCUT2D eigenvalue weighted by Crippen LogP contribution is 2.30. The zero-order valence-electron chi connectivity index (χ0n) is 11.9. The highest BCUT2D eigenvalue weighted by atomic mass is 32.1. The lowest BCUT2D eigenvalue weighted by Gasteiger charge is -2.07. The summed E-state index contributed by atoms with van der Waals surface area (Å²) < 4.78 is 0. The summed E-state index contributed by atoms with van der Waals surface area (Å²) in [5.41, 5.74) is 1.80. The number of aromatic hydroxyl groups is 1. The van der Waals surface area contributed by atoms with E-state index >= 15 is 0 Å². The van der Waals surface area contributed by atoms with Crippen molar-refractivity contribution >= 4 is 22.9 Å². The molecule has 0 atom stereocenters. The van der Waals surface area contributed by atoms with E-state index in [2.05, 4.69) is 5.32 Å². The number of phenolic OH excluding ortho intramolecular Hbond substituents is 1. The molecule has 0 saturated carbocycles. The average molecular weight is 301 g/mol. The van der Waals surface area contributed by atoms with E-state index in [-0.39, 0.29) is 11.7 Å². The summed E-state index contributed by atoms with van der Waals surface area (Å²) >= 11 is 1.60. The molecule has 1 aliphatic carbocycles. The molecule has 3 rings (SSSR count). The van der Waals surface area contributed by atoms with Gasteiger partial charge in [-0.1, -0.05) is 25.0 Å². The van der Waals surface area contributed by atoms with E-state index < -0.39 is 0 Å². The Morgan fingerprint density at radius 3 is 2.67 bits per heavy atom. The first-order valence-electron chi connectivity index (χ1n) is 7.45. The van der Waals surface area contributed by atoms with Crippen molar-refractivity contribution in [1.29, 1.82) is 0 Å². The highest BCUT2D eigenvalue weighted by Gasteiger charge is 2.16. The second-order valence-electron chi connectivity index (χ2n) is 5.44. The Bertz CT molecular complexity index is 622. The number of benzene rings is 1. The van der Waals surface area contributed by atoms with Crippen LogP contribution in [0.25, 0.3) is 0 Å². The quantitative estimate of drug-likeness (QED) is 0.809. The minimum Gasteiger partial charge on any atom is -0.506 e. The van der Waals surface area contributed by atoms with E-state index in [1.54, 1.807) is 35.6 Å². The molecule has 21 heavy (non-hydrogen) atoms. The summed E-state index contributed by atoms with van der Waals surface area (Å²) in [6, 6.07) is 8.84. The number of phenols is 1. The van der Waals surface area contributed by atoms with Gasteiger partial charge in [0.1, 0.15) is 5.75 Å². The third-order valence-electron chi connectivity index (χ3n) is 3.87. The predicted octanol–water partition coefficient (Wildman–Crippen LogP) is 4.37. The standard InChI is InChI=1S/C17H19NO2S/c19-14-9-6-5-8-13(14)18-17(20)16-11-12-7-3-1-2-4-10-15(12)21-16/h5-6,8-9,11,19H,1-4,7,10H2,(H,18,20). The zero-order chi connectivity index (χ0) is 14.7. The second-order valence-corrected chi connectivity index (χ2v) is 6.58. The lowest BCUT2D eigenvalue weighted by Crippen LogP contribution is -2.10. The Labute approximate surface area is 128 Å². The summed E-state index contributed by atoms with van der Waals surface area (Å²) in [5.74, 6) is -0.0333. The molecule has 2 aromatic rings. The topological polar surface area (TPSA) is 49.3 Å². The number of hydrogen-bond acceptors (Lipinski definition) is 3. The van der Waals surface area contributed by atoms with Crippen LogP contribution in [-0.4, -0.2) is 11.0 Å². The average Bonchev–Trinajstić information content (AvgIpc) is 2.84. The molecule has 1 aromatic heterocycles. The normalized spacial score (nSPS) is 14.9. The Hall–Kier alpha value is -1.81. The monoisotopic (exact) mass is 301 g/mol. The van der Waals surface area contributed by atoms with Crippen LogP contribution in [0.5, 0.6) is 5.75 Å². The number of rotatable bonds is 2. The first kappa shape index (κ1) is 14.1. The van der Waals surface area contributed by atoms with Crippen molar-refractivity contribution in [3.05, 3.63) is 45.6 Å². The van der Waals surface area contributed by atoms with Crippen molar-refractivity contribution in [2.45, 2.75) is 38.5 Å². The van der Waals surface area contributed by atoms with Gasteiger partial charge in [-0.3, -0.25) is 4.79 Å². The molecule has 2 N–H and O–H groups in total. The second kappa shape index (κ2) is 6.31. The molecule has 110 valence electrons. The molecule has 0 saturated heterocycles. The molecule has 1 amide bonds. The largest absolute Gasteiger partial charge is 0.506 e. The number of fused-ring (bicyclic) bond motifs is 1. The lowest BCUT2D eigenvalue weighted by molar-refractivity contribution is 0.103. The van der Waals surface area contributed by atoms with E-state index in [1.807, 2.05) is 6.07 Å². The summed E-state index contributed by atoms with van der Waals surface area (Å²) in [6.07, 6.45) is 7.17. The first-order valence-corrected chi connectivity index (χ1v) is 8.26. The number of aryl methyl sites for hydroxylation is 2. The number of amides is 1. The molecule has 1 heterocycles. The molecule has 0 bridgehead atoms. The van der Waals surface area contributed by atoms with Gasteiger partial charge < -0.3 is 10.4 Å². The van der Waals surface area contributed by atoms with Gasteiger partial charge in [0, 0.05) is 4.88 Å². The van der Waals surface area contributed by atoms with Crippen LogP contribution in [0.15, 0.2) is 30.3 Å². The van der Waals surface area contributed by atoms with Gasteiger partial charge in [0.05, 0.1) is 10.6 Å². The van der Waals surface area contributed by atoms with Crippen molar-refractivity contribution in [3.63, 3.8) is 0 Å². The third-order valence-corrected chi connectivity index (χ3v) is 5.11. The molecule has 0 spiro atoms. The van der Waals surface area contributed by atoms with Crippen molar-refractivity contribution < 1.29 is 9.90 Å². The fourth-order valence-electron chi connectivity index (χ4n) is 2.72. The Morgan fingerprint density at radius 1 is 1.10 bits per heavy atom. The first-order chi connectivity index (χ1) is 10.2. The van der Waals surface area contributed by atoms with Crippen molar-refractivity contribution in [2.24, 2.45) is 0 Å². The van der Waals surface area contributed by atoms with E-state index in [0.717, 1.165) is 17.7 Å². The minimum absolute atomic E-state index is 0.0979. The molecule has 3 nitrogen and oxygen atoms in total. The number of nitrogens with one attached hydrogen (secondary N) is 1. The molecular formula is C17H19NO2S. The van der Waals surface area contributed by atoms with Gasteiger partial charge in [-0.15, -0.1) is 11.3 Å². The van der Waals surface area contributed by atoms with Crippen molar-refractivity contribution in [3.8, 4) is 5.75 Å². The van der Waals surface area contributed by atoms with Gasteiger partial charge >= 0.3 is 0 Å². The van der Waals surface area contributed by atoms with Crippen LogP contribution in [0.1, 0.15) is 45.8 Å². The number of anilines is 1. The molecule has 0 radical (unpaired) electrons. The van der Waals surface area contributed by atoms with Crippen LogP contribution < -0.4 is 5.32 Å². The zero-order valence-corrected chi connectivity index (χ0v) is 12.7. The van der Waals surface area contributed by atoms with E-state index in [4.69, 9.17) is 0 Å². The molecule has 1 aliphatic rings. The van der Waals surface area contributed by atoms with Gasteiger partial charge in [-0.05, 0) is 49.4 Å². The molecule has 0 unspecified atom stereocenters. The van der Waals surface area contributed by atoms with Gasteiger partial charge in [-0.25, -0.2) is 0 Å². The maximum absolute atomic E-state index is 12.3. The Morgan fingerprint density at radius 2 is 1.86 bits per heavy atom. The molecule has 0 aliphatic heterocycles. The maximum Gasteiger partial charge on any atom is 0.265 e. The fourth-order valence-corrected chi connectivity index (χ4v) is 3.87. The van der Waals surface area contributed by atoms with Gasteiger partial charge in [-0.2, -0.15) is 0 Å². The van der Waals surface area contributed by atoms with Gasteiger partial charge in [0.25, 0.3) is 5.91 Å². The van der Waals surface area contributed by atoms with Crippen LogP contribution in [0.3, 0.4) is 0 Å². The summed E-state index contributed by atoms with van der Waals surface area (Å²) in [7, 11) is 0. The fraction of sp³-hybridized carbons (Fsp3) is 0.353. The molecule has 1 aromatic carbocycles.